The van der Waals surface area contributed by atoms with E-state index in [-0.39, 0.29) is 22.8 Å². The number of Topliss-reactive ketones (excluding diaryl/α,β-unsaturated/α-hetero) is 1. The number of carbonyl (C=O) groups excluding carboxylic acids is 3. The number of ketones is 1. The van der Waals surface area contributed by atoms with Crippen LogP contribution in [0, 0.1) is 6.92 Å². The van der Waals surface area contributed by atoms with E-state index >= 15 is 0 Å². The van der Waals surface area contributed by atoms with Crippen LogP contribution in [0.25, 0.3) is 0 Å². The van der Waals surface area contributed by atoms with Crippen molar-refractivity contribution < 1.29 is 38.4 Å². The molecule has 3 rings (SSSR count). The van der Waals surface area contributed by atoms with E-state index in [2.05, 4.69) is 4.74 Å². The zero-order chi connectivity index (χ0) is 19.2. The fraction of sp³-hybridized carbons (Fsp3) is 0.235. The number of rotatable bonds is 2. The summed E-state index contributed by atoms with van der Waals surface area (Å²) < 4.78 is 20.4. The summed E-state index contributed by atoms with van der Waals surface area (Å²) in [7, 11) is 2.33. The molecule has 1 aromatic rings. The van der Waals surface area contributed by atoms with Crippen molar-refractivity contribution in [2.24, 2.45) is 0 Å². The van der Waals surface area contributed by atoms with E-state index in [9.17, 15) is 19.5 Å². The second kappa shape index (κ2) is 6.06. The molecule has 1 aromatic carbocycles. The van der Waals surface area contributed by atoms with E-state index in [1.165, 1.54) is 19.2 Å². The summed E-state index contributed by atoms with van der Waals surface area (Å²) >= 11 is 5.99. The minimum atomic E-state index is -2.48. The predicted molar refractivity (Wildman–Crippen MR) is 86.6 cm³/mol. The molecule has 0 amide bonds. The maximum Gasteiger partial charge on any atom is 0.354 e. The monoisotopic (exact) mass is 380 g/mol. The average Bonchev–Trinajstić information content (AvgIpc) is 2.58. The van der Waals surface area contributed by atoms with Crippen LogP contribution in [0.5, 0.6) is 11.5 Å². The minimum absolute atomic E-state index is 0.111. The number of halogens is 1. The molecule has 1 heterocycles. The number of phenols is 1. The third-order valence-corrected chi connectivity index (χ3v) is 4.25. The van der Waals surface area contributed by atoms with Gasteiger partial charge in [-0.1, -0.05) is 11.6 Å². The molecule has 1 aliphatic heterocycles. The minimum Gasteiger partial charge on any atom is -0.507 e. The molecule has 0 saturated heterocycles. The number of phenolic OH excluding ortho intramolecular Hbond substituents is 1. The van der Waals surface area contributed by atoms with E-state index in [0.717, 1.165) is 13.2 Å². The number of methoxy groups -OCH3 is 2. The third kappa shape index (κ3) is 2.41. The van der Waals surface area contributed by atoms with Gasteiger partial charge in [-0.2, -0.15) is 0 Å². The topological polar surface area (TPSA) is 108 Å². The average molecular weight is 381 g/mol. The second-order valence-corrected chi connectivity index (χ2v) is 5.90. The fourth-order valence-corrected chi connectivity index (χ4v) is 2.96. The van der Waals surface area contributed by atoms with Crippen molar-refractivity contribution >= 4 is 29.3 Å². The van der Waals surface area contributed by atoms with Gasteiger partial charge in [0.15, 0.2) is 0 Å². The predicted octanol–water partition coefficient (Wildman–Crippen LogP) is 1.73. The molecular formula is C17H13ClO8. The van der Waals surface area contributed by atoms with Crippen molar-refractivity contribution in [2.45, 2.75) is 12.7 Å². The first-order valence-corrected chi connectivity index (χ1v) is 7.68. The molecule has 2 aliphatic rings. The smallest absolute Gasteiger partial charge is 0.354 e. The number of esters is 2. The van der Waals surface area contributed by atoms with Crippen molar-refractivity contribution in [3.63, 3.8) is 0 Å². The Morgan fingerprint density at radius 2 is 1.92 bits per heavy atom. The Morgan fingerprint density at radius 1 is 1.23 bits per heavy atom. The van der Waals surface area contributed by atoms with Crippen molar-refractivity contribution in [2.75, 3.05) is 14.2 Å². The molecule has 1 aliphatic carbocycles. The molecule has 8 nitrogen and oxygen atoms in total. The SMILES string of the molecule is COC(=O)C1=CC(OC)=C(Cl)C(=O)[C@]12OC(=O)c1c(O)cc(C)cc1O2. The Bertz CT molecular complexity index is 914. The fourth-order valence-electron chi connectivity index (χ4n) is 2.70. The van der Waals surface area contributed by atoms with Gasteiger partial charge in [0.1, 0.15) is 33.4 Å². The summed E-state index contributed by atoms with van der Waals surface area (Å²) in [5.74, 6) is -6.16. The Morgan fingerprint density at radius 3 is 2.54 bits per heavy atom. The van der Waals surface area contributed by atoms with Gasteiger partial charge in [0.2, 0.25) is 0 Å². The van der Waals surface area contributed by atoms with E-state index < -0.39 is 34.1 Å². The van der Waals surface area contributed by atoms with Crippen LogP contribution < -0.4 is 4.74 Å². The van der Waals surface area contributed by atoms with Gasteiger partial charge in [0, 0.05) is 6.08 Å². The van der Waals surface area contributed by atoms with Crippen LogP contribution in [-0.4, -0.2) is 42.8 Å². The first-order chi connectivity index (χ1) is 12.2. The molecule has 26 heavy (non-hydrogen) atoms. The maximum atomic E-state index is 12.8. The zero-order valence-corrected chi connectivity index (χ0v) is 14.7. The van der Waals surface area contributed by atoms with Gasteiger partial charge in [0.05, 0.1) is 14.2 Å². The normalized spacial score (nSPS) is 21.6. The molecule has 136 valence electrons. The summed E-state index contributed by atoms with van der Waals surface area (Å²) in [6.45, 7) is 1.64. The highest BCUT2D eigenvalue weighted by Gasteiger charge is 2.59. The quantitative estimate of drug-likeness (QED) is 0.773. The number of fused-ring (bicyclic) bond motifs is 1. The van der Waals surface area contributed by atoms with Crippen LogP contribution in [0.15, 0.2) is 34.6 Å². The molecular weight excluding hydrogens is 368 g/mol. The first-order valence-electron chi connectivity index (χ1n) is 7.30. The molecule has 9 heteroatoms. The van der Waals surface area contributed by atoms with Crippen LogP contribution >= 0.6 is 11.6 Å². The second-order valence-electron chi connectivity index (χ2n) is 5.53. The Hall–Kier alpha value is -3.00. The van der Waals surface area contributed by atoms with Gasteiger partial charge in [-0.3, -0.25) is 4.79 Å². The number of hydrogen-bond acceptors (Lipinski definition) is 8. The standard InChI is InChI=1S/C17H13ClO8/c1-7-4-9(19)12-10(5-7)25-17(26-16(12)22)8(15(21)24-3)6-11(23-2)13(18)14(17)20/h4-6,19H,1-3H3/t17-/m1/s1. The van der Waals surface area contributed by atoms with Gasteiger partial charge >= 0.3 is 17.7 Å². The lowest BCUT2D eigenvalue weighted by atomic mass is 9.93. The molecule has 0 fully saturated rings. The van der Waals surface area contributed by atoms with Crippen molar-refractivity contribution in [1.29, 1.82) is 0 Å². The van der Waals surface area contributed by atoms with Gasteiger partial charge in [0.25, 0.3) is 5.78 Å². The molecule has 1 N–H and O–H groups in total. The number of hydrogen-bond donors (Lipinski definition) is 1. The molecule has 1 spiro atoms. The van der Waals surface area contributed by atoms with Crippen LogP contribution in [0.1, 0.15) is 15.9 Å². The van der Waals surface area contributed by atoms with E-state index in [1.54, 1.807) is 6.92 Å². The summed E-state index contributed by atoms with van der Waals surface area (Å²) in [5, 5.41) is 9.56. The highest BCUT2D eigenvalue weighted by molar-refractivity contribution is 6.45. The van der Waals surface area contributed by atoms with Crippen LogP contribution in [0.4, 0.5) is 0 Å². The van der Waals surface area contributed by atoms with E-state index in [4.69, 9.17) is 25.8 Å². The van der Waals surface area contributed by atoms with Crippen molar-refractivity contribution in [1.82, 2.24) is 0 Å². The largest absolute Gasteiger partial charge is 0.507 e. The Kier molecular flexibility index (Phi) is 4.15. The Labute approximate surface area is 152 Å². The summed E-state index contributed by atoms with van der Waals surface area (Å²) in [5.41, 5.74) is -0.140. The van der Waals surface area contributed by atoms with Crippen LogP contribution in [0.2, 0.25) is 0 Å². The lowest BCUT2D eigenvalue weighted by Crippen LogP contribution is -2.56. The van der Waals surface area contributed by atoms with Crippen molar-refractivity contribution in [3.8, 4) is 11.5 Å². The van der Waals surface area contributed by atoms with Gasteiger partial charge in [-0.25, -0.2) is 9.59 Å². The number of carbonyl (C=O) groups is 3. The molecule has 1 atom stereocenters. The molecule has 0 bridgehead atoms. The van der Waals surface area contributed by atoms with Gasteiger partial charge in [-0.15, -0.1) is 0 Å². The van der Waals surface area contributed by atoms with Gasteiger partial charge in [-0.05, 0) is 24.6 Å². The van der Waals surface area contributed by atoms with Gasteiger partial charge < -0.3 is 24.1 Å². The maximum absolute atomic E-state index is 12.8. The molecule has 0 radical (unpaired) electrons. The first kappa shape index (κ1) is 17.8. The zero-order valence-electron chi connectivity index (χ0n) is 13.9. The molecule has 0 saturated carbocycles. The number of ether oxygens (including phenoxy) is 4. The molecule has 0 unspecified atom stereocenters. The van der Waals surface area contributed by atoms with Crippen LogP contribution in [-0.2, 0) is 23.8 Å². The Balaban J connectivity index is 2.24. The van der Waals surface area contributed by atoms with E-state index in [0.29, 0.717) is 5.56 Å². The summed E-state index contributed by atoms with van der Waals surface area (Å²) in [6, 6.07) is 2.75. The molecule has 0 aromatic heterocycles. The third-order valence-electron chi connectivity index (χ3n) is 3.89. The highest BCUT2D eigenvalue weighted by atomic mass is 35.5. The lowest BCUT2D eigenvalue weighted by molar-refractivity contribution is -0.169. The van der Waals surface area contributed by atoms with Crippen molar-refractivity contribution in [3.05, 3.63) is 45.7 Å². The summed E-state index contributed by atoms with van der Waals surface area (Å²) in [6.07, 6.45) is 1.10. The summed E-state index contributed by atoms with van der Waals surface area (Å²) in [4.78, 5) is 37.5. The van der Waals surface area contributed by atoms with Crippen LogP contribution in [0.3, 0.4) is 0 Å². The number of allylic oxidation sites excluding steroid dienone is 1. The number of aromatic hydroxyl groups is 1. The highest BCUT2D eigenvalue weighted by Crippen LogP contribution is 2.44. The number of aryl methyl sites for hydroxylation is 1. The lowest BCUT2D eigenvalue weighted by Gasteiger charge is -2.38. The van der Waals surface area contributed by atoms with E-state index in [1.807, 2.05) is 0 Å². The number of benzene rings is 1.